The molecule has 1 aliphatic rings. The van der Waals surface area contributed by atoms with Crippen LogP contribution < -0.4 is 0 Å². The van der Waals surface area contributed by atoms with E-state index in [1.54, 1.807) is 12.1 Å². The Morgan fingerprint density at radius 1 is 1.12 bits per heavy atom. The molecule has 0 atom stereocenters. The van der Waals surface area contributed by atoms with Gasteiger partial charge in [-0.15, -0.1) is 0 Å². The molecule has 1 aromatic carbocycles. The monoisotopic (exact) mass is 255 g/mol. The molecule has 3 heteroatoms. The van der Waals surface area contributed by atoms with Crippen molar-refractivity contribution in [3.05, 3.63) is 34.9 Å². The molecule has 0 aromatic heterocycles. The first kappa shape index (κ1) is 12.0. The molecule has 1 heterocycles. The Balaban J connectivity index is 1.94. The highest BCUT2D eigenvalue weighted by Crippen LogP contribution is 2.16. The van der Waals surface area contributed by atoms with Crippen LogP contribution in [0.3, 0.4) is 0 Å². The van der Waals surface area contributed by atoms with E-state index in [1.807, 2.05) is 12.1 Å². The van der Waals surface area contributed by atoms with Gasteiger partial charge in [0.25, 0.3) is 0 Å². The van der Waals surface area contributed by atoms with Crippen LogP contribution in [0.5, 0.6) is 0 Å². The van der Waals surface area contributed by atoms with Crippen molar-refractivity contribution in [2.24, 2.45) is 0 Å². The maximum atomic E-state index is 12.0. The average Bonchev–Trinajstić information content (AvgIpc) is 2.31. The summed E-state index contributed by atoms with van der Waals surface area (Å²) in [6.07, 6.45) is 3.95. The van der Waals surface area contributed by atoms with Gasteiger partial charge < -0.3 is 0 Å². The molecule has 0 radical (unpaired) electrons. The molecule has 0 unspecified atom stereocenters. The Morgan fingerprint density at radius 2 is 1.75 bits per heavy atom. The van der Waals surface area contributed by atoms with Gasteiger partial charge in [0.1, 0.15) is 11.5 Å². The fourth-order valence-electron chi connectivity index (χ4n) is 1.94. The fraction of sp³-hybridized carbons (Fsp3) is 0.462. The Kier molecular flexibility index (Phi) is 4.30. The molecular weight excluding hydrogens is 240 g/mol. The van der Waals surface area contributed by atoms with Gasteiger partial charge in [-0.3, -0.25) is 4.79 Å². The van der Waals surface area contributed by atoms with Crippen LogP contribution in [0.4, 0.5) is 0 Å². The third-order valence-electron chi connectivity index (χ3n) is 2.87. The van der Waals surface area contributed by atoms with E-state index in [4.69, 9.17) is 11.6 Å². The van der Waals surface area contributed by atoms with Crippen molar-refractivity contribution in [3.8, 4) is 0 Å². The highest BCUT2D eigenvalue weighted by molar-refractivity contribution is 7.97. The summed E-state index contributed by atoms with van der Waals surface area (Å²) in [5.41, 5.74) is 0.808. The highest BCUT2D eigenvalue weighted by Gasteiger charge is 2.25. The van der Waals surface area contributed by atoms with Crippen molar-refractivity contribution >= 4 is 28.3 Å². The van der Waals surface area contributed by atoms with Crippen molar-refractivity contribution < 1.29 is 4.79 Å². The second-order valence-corrected chi connectivity index (χ2v) is 6.92. The van der Waals surface area contributed by atoms with Crippen LogP contribution in [0.15, 0.2) is 24.3 Å². The van der Waals surface area contributed by atoms with Crippen LogP contribution in [-0.2, 0) is 10.9 Å². The van der Waals surface area contributed by atoms with Crippen molar-refractivity contribution in [1.82, 2.24) is 0 Å². The molecule has 16 heavy (non-hydrogen) atoms. The number of rotatable bonds is 3. The number of Topliss-reactive ketones (excluding diaryl/α,β-unsaturated/α-hetero) is 1. The van der Waals surface area contributed by atoms with E-state index in [9.17, 15) is 4.79 Å². The van der Waals surface area contributed by atoms with Gasteiger partial charge >= 0.3 is 0 Å². The summed E-state index contributed by atoms with van der Waals surface area (Å²) >= 11 is 5.80. The summed E-state index contributed by atoms with van der Waals surface area (Å²) in [6, 6.07) is 7.24. The number of hydrogen-bond acceptors (Lipinski definition) is 1. The van der Waals surface area contributed by atoms with Crippen molar-refractivity contribution in [2.75, 3.05) is 17.3 Å². The number of hydrogen-bond donors (Lipinski definition) is 0. The van der Waals surface area contributed by atoms with E-state index in [0.717, 1.165) is 11.3 Å². The lowest BCUT2D eigenvalue weighted by Crippen LogP contribution is -2.25. The molecule has 2 rings (SSSR count). The maximum absolute atomic E-state index is 12.0. The predicted octanol–water partition coefficient (Wildman–Crippen LogP) is 3.32. The van der Waals surface area contributed by atoms with Gasteiger partial charge in [-0.05, 0) is 54.4 Å². The van der Waals surface area contributed by atoms with Crippen LogP contribution in [0, 0.1) is 0 Å². The van der Waals surface area contributed by atoms with E-state index in [0.29, 0.717) is 15.9 Å². The van der Waals surface area contributed by atoms with E-state index in [2.05, 4.69) is 0 Å². The zero-order chi connectivity index (χ0) is 11.4. The van der Waals surface area contributed by atoms with E-state index in [1.165, 1.54) is 30.8 Å². The van der Waals surface area contributed by atoms with Crippen LogP contribution >= 0.6 is 11.6 Å². The molecule has 1 nitrogen and oxygen atoms in total. The Bertz CT molecular complexity index is 355. The van der Waals surface area contributed by atoms with Crippen molar-refractivity contribution in [3.63, 3.8) is 0 Å². The number of benzene rings is 1. The largest absolute Gasteiger partial charge is 0.289 e. The van der Waals surface area contributed by atoms with Gasteiger partial charge in [0.05, 0.1) is 0 Å². The zero-order valence-electron chi connectivity index (χ0n) is 9.25. The minimum absolute atomic E-state index is 0.280. The number of halogens is 1. The molecule has 1 fully saturated rings. The quantitative estimate of drug-likeness (QED) is 0.598. The van der Waals surface area contributed by atoms with E-state index >= 15 is 0 Å². The van der Waals surface area contributed by atoms with E-state index in [-0.39, 0.29) is 5.78 Å². The third kappa shape index (κ3) is 3.26. The first-order valence-electron chi connectivity index (χ1n) is 5.68. The Hall–Kier alpha value is -0.470. The summed E-state index contributed by atoms with van der Waals surface area (Å²) in [4.78, 5) is 12.0. The average molecular weight is 256 g/mol. The van der Waals surface area contributed by atoms with Crippen LogP contribution in [-0.4, -0.2) is 23.0 Å². The SMILES string of the molecule is O=C(C[S+]1CCCCC1)c1ccc(Cl)cc1. The van der Waals surface area contributed by atoms with Gasteiger partial charge in [0, 0.05) is 10.6 Å². The lowest BCUT2D eigenvalue weighted by Gasteiger charge is -2.12. The molecule has 1 aliphatic heterocycles. The third-order valence-corrected chi connectivity index (χ3v) is 5.52. The second kappa shape index (κ2) is 5.74. The van der Waals surface area contributed by atoms with Gasteiger partial charge in [0.15, 0.2) is 5.75 Å². The second-order valence-electron chi connectivity index (χ2n) is 4.16. The standard InChI is InChI=1S/C13H16ClOS/c14-12-6-4-11(5-7-12)13(15)10-16-8-2-1-3-9-16/h4-7H,1-3,8-10H2/q+1. The zero-order valence-corrected chi connectivity index (χ0v) is 10.8. The lowest BCUT2D eigenvalue weighted by atomic mass is 10.1. The number of carbonyl (C=O) groups is 1. The molecule has 0 spiro atoms. The summed E-state index contributed by atoms with van der Waals surface area (Å²) in [5, 5.41) is 0.691. The van der Waals surface area contributed by atoms with Gasteiger partial charge in [-0.1, -0.05) is 11.6 Å². The topological polar surface area (TPSA) is 17.1 Å². The van der Waals surface area contributed by atoms with Gasteiger partial charge in [-0.25, -0.2) is 0 Å². The van der Waals surface area contributed by atoms with Crippen LogP contribution in [0.1, 0.15) is 29.6 Å². The molecular formula is C13H16ClOS+. The van der Waals surface area contributed by atoms with Crippen molar-refractivity contribution in [2.45, 2.75) is 19.3 Å². The summed E-state index contributed by atoms with van der Waals surface area (Å²) in [5.74, 6) is 3.52. The summed E-state index contributed by atoms with van der Waals surface area (Å²) < 4.78 is 0. The first-order chi connectivity index (χ1) is 7.75. The number of carbonyl (C=O) groups excluding carboxylic acids is 1. The summed E-state index contributed by atoms with van der Waals surface area (Å²) in [7, 11) is 0.337. The molecule has 86 valence electrons. The molecule has 0 saturated carbocycles. The fourth-order valence-corrected chi connectivity index (χ4v) is 4.32. The van der Waals surface area contributed by atoms with E-state index < -0.39 is 0 Å². The normalized spacial score (nSPS) is 17.3. The Labute approximate surface area is 105 Å². The predicted molar refractivity (Wildman–Crippen MR) is 71.6 cm³/mol. The molecule has 1 aromatic rings. The Morgan fingerprint density at radius 3 is 2.38 bits per heavy atom. The van der Waals surface area contributed by atoms with Gasteiger partial charge in [-0.2, -0.15) is 0 Å². The highest BCUT2D eigenvalue weighted by atomic mass is 35.5. The van der Waals surface area contributed by atoms with Crippen LogP contribution in [0.2, 0.25) is 5.02 Å². The first-order valence-corrected chi connectivity index (χ1v) is 7.79. The molecule has 0 amide bonds. The molecule has 0 N–H and O–H groups in total. The minimum atomic E-state index is 0.280. The smallest absolute Gasteiger partial charge is 0.211 e. The summed E-state index contributed by atoms with van der Waals surface area (Å²) in [6.45, 7) is 0. The van der Waals surface area contributed by atoms with Gasteiger partial charge in [0.2, 0.25) is 5.78 Å². The van der Waals surface area contributed by atoms with Crippen LogP contribution in [0.25, 0.3) is 0 Å². The minimum Gasteiger partial charge on any atom is -0.289 e. The molecule has 0 aliphatic carbocycles. The molecule has 1 saturated heterocycles. The lowest BCUT2D eigenvalue weighted by molar-refractivity contribution is 0.102. The number of ketones is 1. The maximum Gasteiger partial charge on any atom is 0.211 e. The molecule has 0 bridgehead atoms. The van der Waals surface area contributed by atoms with Crippen molar-refractivity contribution in [1.29, 1.82) is 0 Å².